The van der Waals surface area contributed by atoms with Crippen LogP contribution in [0.15, 0.2) is 36.4 Å². The molecule has 0 aromatic heterocycles. The Morgan fingerprint density at radius 1 is 0.971 bits per heavy atom. The lowest BCUT2D eigenvalue weighted by atomic mass is 9.77. The number of carbonyl (C=O) groups is 1. The van der Waals surface area contributed by atoms with E-state index in [1.54, 1.807) is 24.1 Å². The first-order valence-corrected chi connectivity index (χ1v) is 12.6. The first-order chi connectivity index (χ1) is 16.2. The van der Waals surface area contributed by atoms with E-state index in [1.165, 1.54) is 21.3 Å². The van der Waals surface area contributed by atoms with E-state index in [4.69, 9.17) is 23.1 Å². The lowest BCUT2D eigenvalue weighted by Crippen LogP contribution is -2.35. The zero-order chi connectivity index (χ0) is 24.9. The lowest BCUT2D eigenvalue weighted by molar-refractivity contribution is 0.0779. The number of benzene rings is 2. The third kappa shape index (κ3) is 5.56. The number of hydrogen-bond donors (Lipinski definition) is 0. The van der Waals surface area contributed by atoms with Gasteiger partial charge in [0.2, 0.25) is 5.75 Å². The maximum absolute atomic E-state index is 13.5. The monoisotopic (exact) mass is 493 g/mol. The van der Waals surface area contributed by atoms with Gasteiger partial charge in [0.05, 0.1) is 41.3 Å². The molecule has 9 nitrogen and oxygen atoms in total. The zero-order valence-electron chi connectivity index (χ0n) is 20.1. The molecule has 1 amide bonds. The lowest BCUT2D eigenvalue weighted by Gasteiger charge is -2.30. The molecule has 1 aliphatic rings. The van der Waals surface area contributed by atoms with Crippen molar-refractivity contribution < 1.29 is 36.3 Å². The second kappa shape index (κ2) is 10.5. The first kappa shape index (κ1) is 25.6. The molecule has 0 saturated carbocycles. The van der Waals surface area contributed by atoms with Crippen LogP contribution in [-0.2, 0) is 19.7 Å². The number of hydrogen-bond acceptors (Lipinski definition) is 8. The highest BCUT2D eigenvalue weighted by molar-refractivity contribution is 7.85. The summed E-state index contributed by atoms with van der Waals surface area (Å²) in [5.41, 5.74) is 0.936. The molecular formula is C24H31NO8S. The highest BCUT2D eigenvalue weighted by Gasteiger charge is 2.41. The van der Waals surface area contributed by atoms with Crippen LogP contribution in [0.2, 0.25) is 0 Å². The number of ether oxygens (including phenoxy) is 4. The Hall–Kier alpha value is -2.98. The van der Waals surface area contributed by atoms with Gasteiger partial charge in [-0.2, -0.15) is 8.42 Å². The van der Waals surface area contributed by atoms with Crippen LogP contribution in [0.3, 0.4) is 0 Å². The van der Waals surface area contributed by atoms with Gasteiger partial charge >= 0.3 is 0 Å². The molecular weight excluding hydrogens is 462 g/mol. The molecule has 0 radical (unpaired) electrons. The van der Waals surface area contributed by atoms with Gasteiger partial charge in [-0.3, -0.25) is 8.98 Å². The molecule has 3 rings (SSSR count). The summed E-state index contributed by atoms with van der Waals surface area (Å²) in [5.74, 6) is 1.74. The van der Waals surface area contributed by atoms with E-state index in [0.29, 0.717) is 48.7 Å². The Bertz CT molecular complexity index is 1090. The number of methoxy groups -OCH3 is 4. The van der Waals surface area contributed by atoms with Crippen LogP contribution in [0.25, 0.3) is 0 Å². The Balaban J connectivity index is 1.90. The minimum atomic E-state index is -3.57. The van der Waals surface area contributed by atoms with Crippen LogP contribution in [-0.4, -0.2) is 73.6 Å². The van der Waals surface area contributed by atoms with E-state index in [2.05, 4.69) is 0 Å². The molecule has 10 heteroatoms. The van der Waals surface area contributed by atoms with Gasteiger partial charge in [0.15, 0.2) is 11.5 Å². The summed E-state index contributed by atoms with van der Waals surface area (Å²) in [6, 6.07) is 10.9. The van der Waals surface area contributed by atoms with Crippen LogP contribution < -0.4 is 18.9 Å². The number of rotatable bonds is 10. The Morgan fingerprint density at radius 3 is 2.09 bits per heavy atom. The van der Waals surface area contributed by atoms with Crippen molar-refractivity contribution in [3.05, 3.63) is 47.5 Å². The van der Waals surface area contributed by atoms with Crippen molar-refractivity contribution in [3.63, 3.8) is 0 Å². The third-order valence-corrected chi connectivity index (χ3v) is 6.73. The SMILES string of the molecule is COc1ccc(C2(CCOS(C)(=O)=O)CCN(C(=O)c3cc(OC)c(OC)c(OC)c3)C2)cc1. The summed E-state index contributed by atoms with van der Waals surface area (Å²) in [4.78, 5) is 15.2. The van der Waals surface area contributed by atoms with E-state index in [-0.39, 0.29) is 12.5 Å². The van der Waals surface area contributed by atoms with Gasteiger partial charge in [-0.25, -0.2) is 0 Å². The van der Waals surface area contributed by atoms with Crippen molar-refractivity contribution in [2.75, 3.05) is 54.4 Å². The van der Waals surface area contributed by atoms with E-state index < -0.39 is 15.5 Å². The van der Waals surface area contributed by atoms with Crippen LogP contribution in [0.5, 0.6) is 23.0 Å². The topological polar surface area (TPSA) is 101 Å². The smallest absolute Gasteiger partial charge is 0.264 e. The molecule has 1 unspecified atom stereocenters. The van der Waals surface area contributed by atoms with Gasteiger partial charge < -0.3 is 23.8 Å². The Kier molecular flexibility index (Phi) is 7.93. The van der Waals surface area contributed by atoms with Crippen LogP contribution in [0.1, 0.15) is 28.8 Å². The molecule has 0 bridgehead atoms. The minimum absolute atomic E-state index is 0.0249. The van der Waals surface area contributed by atoms with E-state index in [0.717, 1.165) is 17.6 Å². The molecule has 1 atom stereocenters. The first-order valence-electron chi connectivity index (χ1n) is 10.7. The highest BCUT2D eigenvalue weighted by Crippen LogP contribution is 2.41. The molecule has 0 aliphatic carbocycles. The maximum Gasteiger partial charge on any atom is 0.264 e. The van der Waals surface area contributed by atoms with Gasteiger partial charge in [0.1, 0.15) is 5.75 Å². The number of likely N-dealkylation sites (tertiary alicyclic amines) is 1. The molecule has 1 aliphatic heterocycles. The molecule has 0 N–H and O–H groups in total. The van der Waals surface area contributed by atoms with Gasteiger partial charge in [0, 0.05) is 24.1 Å². The quantitative estimate of drug-likeness (QED) is 0.466. The second-order valence-electron chi connectivity index (χ2n) is 8.18. The summed E-state index contributed by atoms with van der Waals surface area (Å²) in [6.45, 7) is 0.930. The molecule has 0 spiro atoms. The van der Waals surface area contributed by atoms with Crippen molar-refractivity contribution in [1.82, 2.24) is 4.90 Å². The van der Waals surface area contributed by atoms with Gasteiger partial charge in [-0.1, -0.05) is 12.1 Å². The number of amides is 1. The van der Waals surface area contributed by atoms with E-state index >= 15 is 0 Å². The third-order valence-electron chi connectivity index (χ3n) is 6.13. The molecule has 34 heavy (non-hydrogen) atoms. The second-order valence-corrected chi connectivity index (χ2v) is 9.82. The predicted molar refractivity (Wildman–Crippen MR) is 127 cm³/mol. The van der Waals surface area contributed by atoms with Crippen LogP contribution in [0, 0.1) is 0 Å². The largest absolute Gasteiger partial charge is 0.497 e. The fourth-order valence-electron chi connectivity index (χ4n) is 4.35. The van der Waals surface area contributed by atoms with Gasteiger partial charge in [0.25, 0.3) is 16.0 Å². The summed E-state index contributed by atoms with van der Waals surface area (Å²) < 4.78 is 49.5. The van der Waals surface area contributed by atoms with Crippen molar-refractivity contribution >= 4 is 16.0 Å². The summed E-state index contributed by atoms with van der Waals surface area (Å²) in [6.07, 6.45) is 2.12. The molecule has 1 fully saturated rings. The zero-order valence-corrected chi connectivity index (χ0v) is 20.9. The van der Waals surface area contributed by atoms with Crippen molar-refractivity contribution in [2.45, 2.75) is 18.3 Å². The maximum atomic E-state index is 13.5. The van der Waals surface area contributed by atoms with Crippen molar-refractivity contribution in [1.29, 1.82) is 0 Å². The van der Waals surface area contributed by atoms with E-state index in [1.807, 2.05) is 24.3 Å². The Morgan fingerprint density at radius 2 is 1.59 bits per heavy atom. The average Bonchev–Trinajstić information content (AvgIpc) is 3.27. The van der Waals surface area contributed by atoms with Gasteiger partial charge in [-0.15, -0.1) is 0 Å². The number of nitrogens with zero attached hydrogens (tertiary/aromatic N) is 1. The molecule has 2 aromatic carbocycles. The summed E-state index contributed by atoms with van der Waals surface area (Å²) in [7, 11) is 2.52. The summed E-state index contributed by atoms with van der Waals surface area (Å²) >= 11 is 0. The Labute approximate surface area is 200 Å². The van der Waals surface area contributed by atoms with Crippen molar-refractivity contribution in [2.24, 2.45) is 0 Å². The van der Waals surface area contributed by atoms with Crippen LogP contribution in [0.4, 0.5) is 0 Å². The highest BCUT2D eigenvalue weighted by atomic mass is 32.2. The fraction of sp³-hybridized carbons (Fsp3) is 0.458. The normalized spacial score (nSPS) is 18.0. The molecule has 1 saturated heterocycles. The fourth-order valence-corrected chi connectivity index (χ4v) is 4.74. The average molecular weight is 494 g/mol. The molecule has 1 heterocycles. The predicted octanol–water partition coefficient (Wildman–Crippen LogP) is 2.87. The summed E-state index contributed by atoms with van der Waals surface area (Å²) in [5, 5.41) is 0. The standard InChI is InChI=1S/C24H31NO8S/c1-29-19-8-6-18(7-9-19)24(11-13-33-34(5,27)28)10-12-25(16-24)23(26)17-14-20(30-2)22(32-4)21(15-17)31-3/h6-9,14-15H,10-13,16H2,1-5H3. The van der Waals surface area contributed by atoms with E-state index in [9.17, 15) is 13.2 Å². The molecule has 2 aromatic rings. The van der Waals surface area contributed by atoms with Gasteiger partial charge in [-0.05, 0) is 42.7 Å². The van der Waals surface area contributed by atoms with Crippen molar-refractivity contribution in [3.8, 4) is 23.0 Å². The van der Waals surface area contributed by atoms with Crippen LogP contribution >= 0.6 is 0 Å². The number of carbonyl (C=O) groups excluding carboxylic acids is 1. The minimum Gasteiger partial charge on any atom is -0.497 e. The molecule has 186 valence electrons.